The minimum absolute atomic E-state index is 0.0963. The zero-order valence-electron chi connectivity index (χ0n) is 14.6. The summed E-state index contributed by atoms with van der Waals surface area (Å²) in [6.07, 6.45) is 9.55. The molecule has 0 bridgehead atoms. The number of hydrogen-bond donors (Lipinski definition) is 1. The first-order valence-corrected chi connectivity index (χ1v) is 8.72. The number of aromatic nitrogens is 3. The van der Waals surface area contributed by atoms with E-state index < -0.39 is 0 Å². The molecule has 6 nitrogen and oxygen atoms in total. The first-order chi connectivity index (χ1) is 12.3. The van der Waals surface area contributed by atoms with Crippen LogP contribution in [0.25, 0.3) is 0 Å². The zero-order chi connectivity index (χ0) is 17.5. The summed E-state index contributed by atoms with van der Waals surface area (Å²) < 4.78 is 5.20. The van der Waals surface area contributed by atoms with Gasteiger partial charge in [-0.1, -0.05) is 23.8 Å². The molecule has 0 spiro atoms. The van der Waals surface area contributed by atoms with Gasteiger partial charge in [-0.3, -0.25) is 4.79 Å². The van der Waals surface area contributed by atoms with Gasteiger partial charge >= 0.3 is 0 Å². The van der Waals surface area contributed by atoms with Gasteiger partial charge in [0.05, 0.1) is 13.3 Å². The molecular formula is C19H24N4O2. The van der Waals surface area contributed by atoms with Gasteiger partial charge in [0.25, 0.3) is 5.91 Å². The molecule has 0 saturated carbocycles. The number of methoxy groups -OCH3 is 1. The number of aromatic amines is 1. The summed E-state index contributed by atoms with van der Waals surface area (Å²) in [5, 5.41) is 10.2. The Morgan fingerprint density at radius 1 is 1.28 bits per heavy atom. The standard InChI is InChI=1S/C19H24N4O2/c1-25-17-9-7-16(8-10-17)14-23(19(24)18-13-20-22-21-18)12-11-15-5-3-2-4-6-15/h5,7-10,13H,2-4,6,11-12,14H2,1H3,(H,20,21,22). The Kier molecular flexibility index (Phi) is 5.82. The zero-order valence-corrected chi connectivity index (χ0v) is 14.6. The molecule has 1 aromatic heterocycles. The summed E-state index contributed by atoms with van der Waals surface area (Å²) in [6, 6.07) is 7.80. The van der Waals surface area contributed by atoms with E-state index >= 15 is 0 Å². The van der Waals surface area contributed by atoms with E-state index in [0.29, 0.717) is 18.8 Å². The monoisotopic (exact) mass is 340 g/mol. The van der Waals surface area contributed by atoms with Gasteiger partial charge in [-0.15, -0.1) is 0 Å². The van der Waals surface area contributed by atoms with Gasteiger partial charge in [0, 0.05) is 13.1 Å². The average Bonchev–Trinajstić information content (AvgIpc) is 3.20. The fourth-order valence-corrected chi connectivity index (χ4v) is 3.08. The highest BCUT2D eigenvalue weighted by Crippen LogP contribution is 2.21. The molecule has 1 aliphatic carbocycles. The van der Waals surface area contributed by atoms with Crippen LogP contribution in [-0.2, 0) is 6.54 Å². The van der Waals surface area contributed by atoms with Crippen molar-refractivity contribution in [3.8, 4) is 5.75 Å². The molecule has 0 fully saturated rings. The largest absolute Gasteiger partial charge is 0.497 e. The third-order valence-electron chi connectivity index (χ3n) is 4.54. The Bertz CT molecular complexity index is 708. The molecule has 0 aliphatic heterocycles. The molecule has 2 aromatic rings. The molecule has 1 amide bonds. The maximum atomic E-state index is 12.8. The van der Waals surface area contributed by atoms with Crippen molar-refractivity contribution in [1.82, 2.24) is 20.3 Å². The molecular weight excluding hydrogens is 316 g/mol. The van der Waals surface area contributed by atoms with E-state index in [2.05, 4.69) is 21.5 Å². The lowest BCUT2D eigenvalue weighted by Crippen LogP contribution is -2.32. The number of rotatable bonds is 7. The summed E-state index contributed by atoms with van der Waals surface area (Å²) in [7, 11) is 1.65. The number of allylic oxidation sites excluding steroid dienone is 1. The number of carbonyl (C=O) groups is 1. The minimum atomic E-state index is -0.0963. The van der Waals surface area contributed by atoms with E-state index in [4.69, 9.17) is 4.74 Å². The van der Waals surface area contributed by atoms with Gasteiger partial charge < -0.3 is 9.64 Å². The van der Waals surface area contributed by atoms with Crippen molar-refractivity contribution < 1.29 is 9.53 Å². The molecule has 1 aliphatic rings. The predicted molar refractivity (Wildman–Crippen MR) is 95.3 cm³/mol. The van der Waals surface area contributed by atoms with Crippen LogP contribution in [-0.4, -0.2) is 39.9 Å². The van der Waals surface area contributed by atoms with Crippen molar-refractivity contribution in [1.29, 1.82) is 0 Å². The first-order valence-electron chi connectivity index (χ1n) is 8.72. The average molecular weight is 340 g/mol. The quantitative estimate of drug-likeness (QED) is 0.785. The predicted octanol–water partition coefficient (Wildman–Crippen LogP) is 3.35. The lowest BCUT2D eigenvalue weighted by atomic mass is 9.97. The van der Waals surface area contributed by atoms with Crippen LogP contribution < -0.4 is 4.74 Å². The minimum Gasteiger partial charge on any atom is -0.497 e. The molecule has 0 saturated heterocycles. The highest BCUT2D eigenvalue weighted by atomic mass is 16.5. The van der Waals surface area contributed by atoms with Gasteiger partial charge in [-0.2, -0.15) is 15.4 Å². The van der Waals surface area contributed by atoms with E-state index in [-0.39, 0.29) is 5.91 Å². The van der Waals surface area contributed by atoms with Crippen molar-refractivity contribution in [2.45, 2.75) is 38.6 Å². The van der Waals surface area contributed by atoms with Gasteiger partial charge in [0.1, 0.15) is 5.75 Å². The Hall–Kier alpha value is -2.63. The molecule has 0 radical (unpaired) electrons. The summed E-state index contributed by atoms with van der Waals surface area (Å²) in [4.78, 5) is 14.6. The second kappa shape index (κ2) is 8.46. The molecule has 132 valence electrons. The molecule has 0 atom stereocenters. The smallest absolute Gasteiger partial charge is 0.276 e. The molecule has 6 heteroatoms. The number of nitrogens with zero attached hydrogens (tertiary/aromatic N) is 3. The van der Waals surface area contributed by atoms with Crippen molar-refractivity contribution in [3.05, 3.63) is 53.4 Å². The molecule has 3 rings (SSSR count). The SMILES string of the molecule is COc1ccc(CN(CCC2=CCCCC2)C(=O)c2cn[nH]n2)cc1. The summed E-state index contributed by atoms with van der Waals surface area (Å²) in [5.74, 6) is 0.714. The highest BCUT2D eigenvalue weighted by molar-refractivity contribution is 5.91. The third-order valence-corrected chi connectivity index (χ3v) is 4.54. The van der Waals surface area contributed by atoms with Crippen molar-refractivity contribution >= 4 is 5.91 Å². The van der Waals surface area contributed by atoms with Crippen LogP contribution in [0.4, 0.5) is 0 Å². The third kappa shape index (κ3) is 4.68. The molecule has 1 N–H and O–H groups in total. The van der Waals surface area contributed by atoms with Crippen LogP contribution >= 0.6 is 0 Å². The van der Waals surface area contributed by atoms with Crippen molar-refractivity contribution in [2.75, 3.05) is 13.7 Å². The fourth-order valence-electron chi connectivity index (χ4n) is 3.08. The van der Waals surface area contributed by atoms with Crippen LogP contribution in [0.2, 0.25) is 0 Å². The van der Waals surface area contributed by atoms with Crippen LogP contribution in [0.15, 0.2) is 42.1 Å². The van der Waals surface area contributed by atoms with Crippen LogP contribution in [0.5, 0.6) is 5.75 Å². The van der Waals surface area contributed by atoms with E-state index in [1.54, 1.807) is 7.11 Å². The summed E-state index contributed by atoms with van der Waals surface area (Å²) >= 11 is 0. The number of H-pyrrole nitrogens is 1. The lowest BCUT2D eigenvalue weighted by Gasteiger charge is -2.23. The highest BCUT2D eigenvalue weighted by Gasteiger charge is 2.19. The van der Waals surface area contributed by atoms with Crippen LogP contribution in [0, 0.1) is 0 Å². The topological polar surface area (TPSA) is 71.1 Å². The van der Waals surface area contributed by atoms with Crippen molar-refractivity contribution in [2.24, 2.45) is 0 Å². The second-order valence-corrected chi connectivity index (χ2v) is 6.29. The van der Waals surface area contributed by atoms with E-state index in [0.717, 1.165) is 30.6 Å². The summed E-state index contributed by atoms with van der Waals surface area (Å²) in [5.41, 5.74) is 2.88. The Labute approximate surface area is 147 Å². The van der Waals surface area contributed by atoms with Gasteiger partial charge in [-0.05, 0) is 49.8 Å². The molecule has 1 heterocycles. The van der Waals surface area contributed by atoms with Crippen LogP contribution in [0.3, 0.4) is 0 Å². The maximum absolute atomic E-state index is 12.8. The Morgan fingerprint density at radius 2 is 2.12 bits per heavy atom. The number of benzene rings is 1. The first kappa shape index (κ1) is 17.2. The second-order valence-electron chi connectivity index (χ2n) is 6.29. The molecule has 25 heavy (non-hydrogen) atoms. The van der Waals surface area contributed by atoms with Gasteiger partial charge in [-0.25, -0.2) is 0 Å². The number of hydrogen-bond acceptors (Lipinski definition) is 4. The normalized spacial score (nSPS) is 14.0. The number of carbonyl (C=O) groups excluding carboxylic acids is 1. The number of nitrogens with one attached hydrogen (secondary N) is 1. The van der Waals surface area contributed by atoms with Gasteiger partial charge in [0.2, 0.25) is 0 Å². The molecule has 1 aromatic carbocycles. The number of ether oxygens (including phenoxy) is 1. The fraction of sp³-hybridized carbons (Fsp3) is 0.421. The Balaban J connectivity index is 1.70. The van der Waals surface area contributed by atoms with E-state index in [1.165, 1.54) is 24.6 Å². The van der Waals surface area contributed by atoms with Crippen molar-refractivity contribution in [3.63, 3.8) is 0 Å². The summed E-state index contributed by atoms with van der Waals surface area (Å²) in [6.45, 7) is 1.23. The molecule has 0 unspecified atom stereocenters. The lowest BCUT2D eigenvalue weighted by molar-refractivity contribution is 0.0738. The van der Waals surface area contributed by atoms with E-state index in [9.17, 15) is 4.79 Å². The van der Waals surface area contributed by atoms with E-state index in [1.807, 2.05) is 29.2 Å². The number of amides is 1. The van der Waals surface area contributed by atoms with Gasteiger partial charge in [0.15, 0.2) is 5.69 Å². The van der Waals surface area contributed by atoms with Crippen LogP contribution in [0.1, 0.15) is 48.2 Å². The Morgan fingerprint density at radius 3 is 2.76 bits per heavy atom. The maximum Gasteiger partial charge on any atom is 0.276 e.